The zero-order valence-corrected chi connectivity index (χ0v) is 9.21. The first kappa shape index (κ1) is 11.0. The first-order valence-electron chi connectivity index (χ1n) is 3.53. The van der Waals surface area contributed by atoms with E-state index in [1.54, 1.807) is 0 Å². The molecule has 6 heteroatoms. The van der Waals surface area contributed by atoms with Gasteiger partial charge in [-0.25, -0.2) is 4.79 Å². The summed E-state index contributed by atoms with van der Waals surface area (Å²) in [5.74, 6) is -1.14. The number of carbonyl (C=O) groups is 1. The Labute approximate surface area is 93.5 Å². The highest BCUT2D eigenvalue weighted by Gasteiger charge is 2.12. The van der Waals surface area contributed by atoms with Gasteiger partial charge in [-0.1, -0.05) is 11.6 Å². The average Bonchev–Trinajstić information content (AvgIpc) is 2.11. The summed E-state index contributed by atoms with van der Waals surface area (Å²) >= 11 is 8.92. The van der Waals surface area contributed by atoms with Crippen LogP contribution >= 0.6 is 27.5 Å². The Morgan fingerprint density at radius 3 is 2.79 bits per heavy atom. The lowest BCUT2D eigenvalue weighted by Crippen LogP contribution is -2.04. The molecule has 0 radical (unpaired) electrons. The van der Waals surface area contributed by atoms with Crippen molar-refractivity contribution < 1.29 is 9.90 Å². The van der Waals surface area contributed by atoms with Gasteiger partial charge in [0, 0.05) is 12.4 Å². The van der Waals surface area contributed by atoms with Crippen molar-refractivity contribution in [3.8, 4) is 0 Å². The van der Waals surface area contributed by atoms with Crippen LogP contribution in [0.3, 0.4) is 0 Å². The number of pyridine rings is 1. The van der Waals surface area contributed by atoms with Gasteiger partial charge in [-0.3, -0.25) is 4.98 Å². The molecule has 0 fully saturated rings. The Morgan fingerprint density at radius 2 is 2.36 bits per heavy atom. The van der Waals surface area contributed by atoms with Gasteiger partial charge in [-0.15, -0.1) is 0 Å². The summed E-state index contributed by atoms with van der Waals surface area (Å²) in [4.78, 5) is 14.6. The van der Waals surface area contributed by atoms with E-state index in [2.05, 4.69) is 20.9 Å². The minimum absolute atomic E-state index is 0.0839. The largest absolute Gasteiger partial charge is 0.478 e. The van der Waals surface area contributed by atoms with Crippen LogP contribution in [0.4, 0.5) is 0 Å². The average molecular weight is 278 g/mol. The molecule has 0 atom stereocenters. The number of carboxylic acids is 1. The minimum atomic E-state index is -1.14. The molecule has 0 bridgehead atoms. The van der Waals surface area contributed by atoms with Gasteiger partial charge in [0.2, 0.25) is 0 Å². The van der Waals surface area contributed by atoms with E-state index in [1.807, 2.05) is 0 Å². The maximum absolute atomic E-state index is 10.7. The molecule has 0 aliphatic heterocycles. The molecular weight excluding hydrogens is 271 g/mol. The molecular formula is C8H6BrClN2O2. The Kier molecular flexibility index (Phi) is 3.49. The van der Waals surface area contributed by atoms with Gasteiger partial charge >= 0.3 is 5.97 Å². The van der Waals surface area contributed by atoms with E-state index in [0.717, 1.165) is 6.20 Å². The second-order valence-electron chi connectivity index (χ2n) is 2.37. The lowest BCUT2D eigenvalue weighted by Gasteiger charge is -2.01. The van der Waals surface area contributed by atoms with Crippen molar-refractivity contribution in [3.05, 3.63) is 33.7 Å². The van der Waals surface area contributed by atoms with Crippen LogP contribution in [0, 0.1) is 0 Å². The molecule has 74 valence electrons. The highest BCUT2D eigenvalue weighted by molar-refractivity contribution is 9.10. The van der Waals surface area contributed by atoms with Crippen molar-refractivity contribution >= 4 is 39.1 Å². The van der Waals surface area contributed by atoms with Crippen molar-refractivity contribution in [2.75, 3.05) is 0 Å². The van der Waals surface area contributed by atoms with Crippen molar-refractivity contribution in [2.24, 2.45) is 5.73 Å². The summed E-state index contributed by atoms with van der Waals surface area (Å²) < 4.78 is 0.602. The topological polar surface area (TPSA) is 76.2 Å². The fourth-order valence-electron chi connectivity index (χ4n) is 0.828. The molecule has 0 amide bonds. The van der Waals surface area contributed by atoms with E-state index < -0.39 is 5.97 Å². The summed E-state index contributed by atoms with van der Waals surface area (Å²) in [6.07, 6.45) is 2.40. The normalized spacial score (nSPS) is 11.4. The highest BCUT2D eigenvalue weighted by Crippen LogP contribution is 2.24. The zero-order valence-electron chi connectivity index (χ0n) is 6.87. The molecule has 0 aliphatic carbocycles. The molecule has 4 nitrogen and oxygen atoms in total. The summed E-state index contributed by atoms with van der Waals surface area (Å²) in [6, 6.07) is 1.43. The van der Waals surface area contributed by atoms with Gasteiger partial charge in [0.15, 0.2) is 0 Å². The Morgan fingerprint density at radius 1 is 1.71 bits per heavy atom. The number of rotatable bonds is 2. The molecule has 0 spiro atoms. The fourth-order valence-corrected chi connectivity index (χ4v) is 1.20. The molecule has 0 unspecified atom stereocenters. The van der Waals surface area contributed by atoms with Crippen LogP contribution in [0.2, 0.25) is 5.02 Å². The Balaban J connectivity index is 3.20. The van der Waals surface area contributed by atoms with E-state index in [1.165, 1.54) is 12.3 Å². The van der Waals surface area contributed by atoms with Crippen molar-refractivity contribution in [1.82, 2.24) is 4.98 Å². The van der Waals surface area contributed by atoms with Gasteiger partial charge in [0.25, 0.3) is 0 Å². The van der Waals surface area contributed by atoms with E-state index in [0.29, 0.717) is 9.50 Å². The third-order valence-electron chi connectivity index (χ3n) is 1.48. The molecule has 0 aliphatic rings. The lowest BCUT2D eigenvalue weighted by atomic mass is 10.2. The summed E-state index contributed by atoms with van der Waals surface area (Å²) in [7, 11) is 0. The molecule has 3 N–H and O–H groups in total. The van der Waals surface area contributed by atoms with Gasteiger partial charge in [-0.2, -0.15) is 0 Å². The number of aromatic nitrogens is 1. The van der Waals surface area contributed by atoms with Crippen LogP contribution < -0.4 is 5.73 Å². The maximum Gasteiger partial charge on any atom is 0.339 e. The standard InChI is InChI=1S/C8H6BrClN2O2/c9-5-3-12-7(1-6(5)10)4(2-11)8(13)14/h1-3H,11H2,(H,13,14)/b4-2+. The molecule has 1 aromatic rings. The molecule has 0 aromatic carbocycles. The third-order valence-corrected chi connectivity index (χ3v) is 2.65. The van der Waals surface area contributed by atoms with Crippen molar-refractivity contribution in [2.45, 2.75) is 0 Å². The number of aliphatic carboxylic acids is 1. The van der Waals surface area contributed by atoms with Gasteiger partial charge in [0.05, 0.1) is 15.2 Å². The van der Waals surface area contributed by atoms with E-state index in [4.69, 9.17) is 22.4 Å². The lowest BCUT2D eigenvalue weighted by molar-refractivity contribution is -0.130. The van der Waals surface area contributed by atoms with Gasteiger partial charge < -0.3 is 10.8 Å². The SMILES string of the molecule is N/C=C(/C(=O)O)c1cc(Cl)c(Br)cn1. The van der Waals surface area contributed by atoms with Crippen LogP contribution in [0.5, 0.6) is 0 Å². The molecule has 1 rings (SSSR count). The second-order valence-corrected chi connectivity index (χ2v) is 3.63. The Hall–Kier alpha value is -1.07. The predicted octanol–water partition coefficient (Wildman–Crippen LogP) is 1.88. The molecule has 0 saturated carbocycles. The first-order valence-corrected chi connectivity index (χ1v) is 4.70. The Bertz CT molecular complexity index is 406. The number of hydrogen-bond acceptors (Lipinski definition) is 3. The van der Waals surface area contributed by atoms with Crippen LogP contribution in [0.1, 0.15) is 5.69 Å². The summed E-state index contributed by atoms with van der Waals surface area (Å²) in [5, 5.41) is 9.13. The summed E-state index contributed by atoms with van der Waals surface area (Å²) in [6.45, 7) is 0. The number of hydrogen-bond donors (Lipinski definition) is 2. The zero-order chi connectivity index (χ0) is 10.7. The molecule has 14 heavy (non-hydrogen) atoms. The van der Waals surface area contributed by atoms with Crippen LogP contribution in [0.15, 0.2) is 22.9 Å². The van der Waals surface area contributed by atoms with Crippen molar-refractivity contribution in [3.63, 3.8) is 0 Å². The minimum Gasteiger partial charge on any atom is -0.478 e. The van der Waals surface area contributed by atoms with E-state index >= 15 is 0 Å². The number of carboxylic acid groups (broad SMARTS) is 1. The summed E-state index contributed by atoms with van der Waals surface area (Å²) in [5.41, 5.74) is 5.30. The maximum atomic E-state index is 10.7. The molecule has 0 saturated heterocycles. The van der Waals surface area contributed by atoms with Crippen LogP contribution in [0.25, 0.3) is 5.57 Å². The van der Waals surface area contributed by atoms with Gasteiger partial charge in [-0.05, 0) is 22.0 Å². The quantitative estimate of drug-likeness (QED) is 0.809. The first-order chi connectivity index (χ1) is 6.56. The van der Waals surface area contributed by atoms with Gasteiger partial charge in [0.1, 0.15) is 5.57 Å². The smallest absolute Gasteiger partial charge is 0.339 e. The van der Waals surface area contributed by atoms with Crippen LogP contribution in [-0.2, 0) is 4.79 Å². The second kappa shape index (κ2) is 4.43. The molecule has 1 aromatic heterocycles. The van der Waals surface area contributed by atoms with Crippen molar-refractivity contribution in [1.29, 1.82) is 0 Å². The van der Waals surface area contributed by atoms with E-state index in [-0.39, 0.29) is 11.3 Å². The third kappa shape index (κ3) is 2.24. The number of nitrogens with zero attached hydrogens (tertiary/aromatic N) is 1. The number of halogens is 2. The number of nitrogens with two attached hydrogens (primary N) is 1. The monoisotopic (exact) mass is 276 g/mol. The van der Waals surface area contributed by atoms with E-state index in [9.17, 15) is 4.79 Å². The fraction of sp³-hybridized carbons (Fsp3) is 0. The van der Waals surface area contributed by atoms with Crippen LogP contribution in [-0.4, -0.2) is 16.1 Å². The predicted molar refractivity (Wildman–Crippen MR) is 56.7 cm³/mol. The molecule has 1 heterocycles. The highest BCUT2D eigenvalue weighted by atomic mass is 79.9.